The number of carbonyl (C=O) groups excluding carboxylic acids is 2. The molecule has 1 saturated heterocycles. The van der Waals surface area contributed by atoms with Crippen molar-refractivity contribution in [2.45, 2.75) is 30.7 Å². The van der Waals surface area contributed by atoms with Crippen LogP contribution in [0, 0.1) is 0 Å². The van der Waals surface area contributed by atoms with Gasteiger partial charge >= 0.3 is 0 Å². The van der Waals surface area contributed by atoms with Crippen molar-refractivity contribution in [1.82, 2.24) is 5.32 Å². The van der Waals surface area contributed by atoms with Gasteiger partial charge in [0, 0.05) is 23.5 Å². The summed E-state index contributed by atoms with van der Waals surface area (Å²) >= 11 is 1.64. The van der Waals surface area contributed by atoms with Gasteiger partial charge in [0.15, 0.2) is 0 Å². The highest BCUT2D eigenvalue weighted by atomic mass is 32.2. The molecule has 1 unspecified atom stereocenters. The van der Waals surface area contributed by atoms with Crippen LogP contribution in [-0.2, 0) is 9.59 Å². The minimum absolute atomic E-state index is 0.0217. The van der Waals surface area contributed by atoms with Gasteiger partial charge in [0.25, 0.3) is 0 Å². The molecule has 1 atom stereocenters. The van der Waals surface area contributed by atoms with E-state index in [1.807, 2.05) is 37.4 Å². The van der Waals surface area contributed by atoms with Crippen molar-refractivity contribution in [3.05, 3.63) is 24.3 Å². The van der Waals surface area contributed by atoms with Gasteiger partial charge in [-0.3, -0.25) is 9.59 Å². The smallest absolute Gasteiger partial charge is 0.249 e. The minimum atomic E-state index is -0.409. The summed E-state index contributed by atoms with van der Waals surface area (Å²) in [6, 6.07) is 7.45. The summed E-state index contributed by atoms with van der Waals surface area (Å²) in [5.74, 6) is -0.0738. The molecular weight excluding hydrogens is 260 g/mol. The van der Waals surface area contributed by atoms with Crippen molar-refractivity contribution < 1.29 is 9.59 Å². The van der Waals surface area contributed by atoms with Gasteiger partial charge in [0.1, 0.15) is 6.04 Å². The van der Waals surface area contributed by atoms with Crippen LogP contribution in [0.5, 0.6) is 0 Å². The molecule has 0 aromatic heterocycles. The Morgan fingerprint density at radius 1 is 1.42 bits per heavy atom. The number of rotatable bonds is 3. The second-order valence-electron chi connectivity index (χ2n) is 4.47. The normalized spacial score (nSPS) is 20.1. The van der Waals surface area contributed by atoms with Crippen LogP contribution in [0.1, 0.15) is 19.8 Å². The quantitative estimate of drug-likeness (QED) is 0.861. The minimum Gasteiger partial charge on any atom is -0.344 e. The van der Waals surface area contributed by atoms with Crippen LogP contribution in [0.15, 0.2) is 29.2 Å². The molecule has 1 aliphatic rings. The van der Waals surface area contributed by atoms with Gasteiger partial charge in [0.2, 0.25) is 11.8 Å². The van der Waals surface area contributed by atoms with E-state index in [0.29, 0.717) is 19.4 Å². The van der Waals surface area contributed by atoms with Gasteiger partial charge in [0.05, 0.1) is 0 Å². The maximum absolute atomic E-state index is 12.4. The van der Waals surface area contributed by atoms with Crippen LogP contribution in [0.2, 0.25) is 0 Å². The molecule has 5 heteroatoms. The molecule has 0 aliphatic carbocycles. The summed E-state index contributed by atoms with van der Waals surface area (Å²) in [6.07, 6.45) is 2.97. The lowest BCUT2D eigenvalue weighted by Crippen LogP contribution is -2.44. The third-order valence-corrected chi connectivity index (χ3v) is 3.96. The number of hydrogen-bond acceptors (Lipinski definition) is 3. The van der Waals surface area contributed by atoms with Crippen molar-refractivity contribution in [2.24, 2.45) is 0 Å². The summed E-state index contributed by atoms with van der Waals surface area (Å²) in [4.78, 5) is 26.9. The fourth-order valence-electron chi connectivity index (χ4n) is 2.15. The van der Waals surface area contributed by atoms with Crippen LogP contribution < -0.4 is 10.2 Å². The predicted octanol–water partition coefficient (Wildman–Crippen LogP) is 2.04. The molecule has 1 aliphatic heterocycles. The standard InChI is InChI=1S/C14H18N2O2S/c1-3-12-14(18)16(8-7-13(17)15-12)10-5-4-6-11(9-10)19-2/h4-6,9,12H,3,7-8H2,1-2H3,(H,15,17). The first kappa shape index (κ1) is 13.9. The first-order valence-electron chi connectivity index (χ1n) is 6.40. The van der Waals surface area contributed by atoms with Crippen molar-refractivity contribution in [3.8, 4) is 0 Å². The van der Waals surface area contributed by atoms with Crippen molar-refractivity contribution in [1.29, 1.82) is 0 Å². The zero-order valence-electron chi connectivity index (χ0n) is 11.2. The number of amides is 2. The van der Waals surface area contributed by atoms with E-state index in [1.54, 1.807) is 16.7 Å². The van der Waals surface area contributed by atoms with Crippen LogP contribution in [0.3, 0.4) is 0 Å². The highest BCUT2D eigenvalue weighted by Gasteiger charge is 2.29. The van der Waals surface area contributed by atoms with E-state index in [9.17, 15) is 9.59 Å². The van der Waals surface area contributed by atoms with E-state index in [1.165, 1.54) is 0 Å². The average molecular weight is 278 g/mol. The highest BCUT2D eigenvalue weighted by Crippen LogP contribution is 2.24. The lowest BCUT2D eigenvalue weighted by Gasteiger charge is -2.23. The molecule has 0 saturated carbocycles. The fourth-order valence-corrected chi connectivity index (χ4v) is 2.60. The third-order valence-electron chi connectivity index (χ3n) is 3.24. The van der Waals surface area contributed by atoms with Gasteiger partial charge in [-0.1, -0.05) is 13.0 Å². The Kier molecular flexibility index (Phi) is 4.47. The third kappa shape index (κ3) is 3.10. The summed E-state index contributed by atoms with van der Waals surface area (Å²) in [7, 11) is 0. The lowest BCUT2D eigenvalue weighted by atomic mass is 10.2. The molecule has 0 radical (unpaired) electrons. The summed E-state index contributed by atoms with van der Waals surface area (Å²) < 4.78 is 0. The molecule has 1 heterocycles. The summed E-state index contributed by atoms with van der Waals surface area (Å²) in [5.41, 5.74) is 0.867. The van der Waals surface area contributed by atoms with E-state index >= 15 is 0 Å². The Balaban J connectivity index is 2.30. The molecule has 2 rings (SSSR count). The molecule has 19 heavy (non-hydrogen) atoms. The van der Waals surface area contributed by atoms with Gasteiger partial charge in [-0.25, -0.2) is 0 Å². The zero-order chi connectivity index (χ0) is 13.8. The molecule has 1 N–H and O–H groups in total. The summed E-state index contributed by atoms with van der Waals surface area (Å²) in [6.45, 7) is 2.35. The molecule has 0 bridgehead atoms. The second kappa shape index (κ2) is 6.10. The van der Waals surface area contributed by atoms with Crippen LogP contribution in [0.4, 0.5) is 5.69 Å². The molecule has 1 fully saturated rings. The van der Waals surface area contributed by atoms with Crippen molar-refractivity contribution >= 4 is 29.3 Å². The molecule has 1 aromatic rings. The van der Waals surface area contributed by atoms with Gasteiger partial charge < -0.3 is 10.2 Å². The van der Waals surface area contributed by atoms with Crippen molar-refractivity contribution in [3.63, 3.8) is 0 Å². The van der Waals surface area contributed by atoms with E-state index in [0.717, 1.165) is 10.6 Å². The number of nitrogens with one attached hydrogen (secondary N) is 1. The number of anilines is 1. The Hall–Kier alpha value is -1.49. The van der Waals surface area contributed by atoms with E-state index in [-0.39, 0.29) is 11.8 Å². The monoisotopic (exact) mass is 278 g/mol. The number of benzene rings is 1. The van der Waals surface area contributed by atoms with Crippen LogP contribution in [-0.4, -0.2) is 30.7 Å². The SMILES string of the molecule is CCC1NC(=O)CCN(c2cccc(SC)c2)C1=O. The first-order valence-corrected chi connectivity index (χ1v) is 7.63. The predicted molar refractivity (Wildman–Crippen MR) is 77.4 cm³/mol. The molecule has 102 valence electrons. The average Bonchev–Trinajstić information content (AvgIpc) is 2.58. The Bertz CT molecular complexity index is 490. The summed E-state index contributed by atoms with van der Waals surface area (Å²) in [5, 5.41) is 2.77. The van der Waals surface area contributed by atoms with Crippen molar-refractivity contribution in [2.75, 3.05) is 17.7 Å². The number of hydrogen-bond donors (Lipinski definition) is 1. The number of carbonyl (C=O) groups is 2. The maximum Gasteiger partial charge on any atom is 0.249 e. The highest BCUT2D eigenvalue weighted by molar-refractivity contribution is 7.98. The number of nitrogens with zero attached hydrogens (tertiary/aromatic N) is 1. The molecule has 4 nitrogen and oxygen atoms in total. The van der Waals surface area contributed by atoms with E-state index in [2.05, 4.69) is 5.32 Å². The Morgan fingerprint density at radius 2 is 2.21 bits per heavy atom. The van der Waals surface area contributed by atoms with E-state index < -0.39 is 6.04 Å². The van der Waals surface area contributed by atoms with Gasteiger partial charge in [-0.2, -0.15) is 0 Å². The topological polar surface area (TPSA) is 49.4 Å². The van der Waals surface area contributed by atoms with E-state index in [4.69, 9.17) is 0 Å². The Morgan fingerprint density at radius 3 is 2.89 bits per heavy atom. The van der Waals surface area contributed by atoms with Gasteiger partial charge in [-0.15, -0.1) is 11.8 Å². The lowest BCUT2D eigenvalue weighted by molar-refractivity contribution is -0.125. The maximum atomic E-state index is 12.4. The zero-order valence-corrected chi connectivity index (χ0v) is 12.0. The van der Waals surface area contributed by atoms with Crippen LogP contribution >= 0.6 is 11.8 Å². The molecule has 1 aromatic carbocycles. The van der Waals surface area contributed by atoms with Crippen LogP contribution in [0.25, 0.3) is 0 Å². The Labute approximate surface area is 117 Å². The first-order chi connectivity index (χ1) is 9.15. The largest absolute Gasteiger partial charge is 0.344 e. The van der Waals surface area contributed by atoms with Gasteiger partial charge in [-0.05, 0) is 30.9 Å². The molecule has 0 spiro atoms. The molecular formula is C14H18N2O2S. The second-order valence-corrected chi connectivity index (χ2v) is 5.35. The fraction of sp³-hybridized carbons (Fsp3) is 0.429. The number of thioether (sulfide) groups is 1. The molecule has 2 amide bonds.